The number of aliphatic carboxylic acids is 1. The number of rotatable bonds is 5. The van der Waals surface area contributed by atoms with Crippen molar-refractivity contribution < 1.29 is 23.1 Å². The van der Waals surface area contributed by atoms with Gasteiger partial charge in [0.15, 0.2) is 0 Å². The first-order valence-corrected chi connectivity index (χ1v) is 9.94. The van der Waals surface area contributed by atoms with E-state index in [9.17, 15) is 28.3 Å². The lowest BCUT2D eigenvalue weighted by molar-refractivity contribution is -0.143. The number of carboxylic acid groups (broad SMARTS) is 1. The Morgan fingerprint density at radius 3 is 2.48 bits per heavy atom. The molecule has 3 unspecified atom stereocenters. The molecule has 1 saturated carbocycles. The van der Waals surface area contributed by atoms with Gasteiger partial charge in [0.25, 0.3) is 0 Å². The number of piperidine rings is 1. The van der Waals surface area contributed by atoms with E-state index in [4.69, 9.17) is 0 Å². The fraction of sp³-hybridized carbons (Fsp3) is 0.650. The second-order valence-electron chi connectivity index (χ2n) is 8.33. The number of nitriles is 1. The van der Waals surface area contributed by atoms with Crippen LogP contribution in [0, 0.1) is 35.0 Å². The van der Waals surface area contributed by atoms with Crippen LogP contribution in [0.25, 0.3) is 0 Å². The second kappa shape index (κ2) is 6.78. The van der Waals surface area contributed by atoms with Crippen molar-refractivity contribution in [2.45, 2.75) is 38.9 Å². The van der Waals surface area contributed by atoms with Gasteiger partial charge < -0.3 is 14.9 Å². The average molecular weight is 408 g/mol. The molecule has 2 aliphatic heterocycles. The zero-order chi connectivity index (χ0) is 21.1. The maximum absolute atomic E-state index is 13.7. The highest BCUT2D eigenvalue weighted by Gasteiger charge is 2.60. The second-order valence-corrected chi connectivity index (χ2v) is 8.33. The molecule has 3 heterocycles. The van der Waals surface area contributed by atoms with E-state index in [1.54, 1.807) is 11.0 Å². The average Bonchev–Trinajstić information content (AvgIpc) is 3.10. The first-order valence-electron chi connectivity index (χ1n) is 9.94. The summed E-state index contributed by atoms with van der Waals surface area (Å²) in [4.78, 5) is 19.4. The van der Waals surface area contributed by atoms with Crippen LogP contribution in [-0.2, 0) is 11.0 Å². The zero-order valence-electron chi connectivity index (χ0n) is 16.3. The molecule has 2 saturated heterocycles. The van der Waals surface area contributed by atoms with Gasteiger partial charge in [-0.2, -0.15) is 18.4 Å². The van der Waals surface area contributed by atoms with Crippen molar-refractivity contribution >= 4 is 17.6 Å². The third kappa shape index (κ3) is 3.18. The molecule has 9 heteroatoms. The number of carbonyl (C=O) groups is 1. The van der Waals surface area contributed by atoms with Gasteiger partial charge in [-0.3, -0.25) is 4.79 Å². The molecule has 6 nitrogen and oxygen atoms in total. The summed E-state index contributed by atoms with van der Waals surface area (Å²) in [6, 6.07) is 2.73. The summed E-state index contributed by atoms with van der Waals surface area (Å²) in [5.74, 6) is -0.440. The van der Waals surface area contributed by atoms with Crippen molar-refractivity contribution in [3.05, 3.63) is 17.2 Å². The molecule has 0 bridgehead atoms. The van der Waals surface area contributed by atoms with Crippen molar-refractivity contribution in [2.24, 2.45) is 23.7 Å². The van der Waals surface area contributed by atoms with E-state index in [1.807, 2.05) is 18.7 Å². The van der Waals surface area contributed by atoms with E-state index in [2.05, 4.69) is 4.98 Å². The zero-order valence-corrected chi connectivity index (χ0v) is 16.3. The predicted molar refractivity (Wildman–Crippen MR) is 99.5 cm³/mol. The van der Waals surface area contributed by atoms with Crippen LogP contribution in [0.2, 0.25) is 0 Å². The summed E-state index contributed by atoms with van der Waals surface area (Å²) < 4.78 is 41.0. The van der Waals surface area contributed by atoms with Gasteiger partial charge in [0.05, 0.1) is 11.5 Å². The Balaban J connectivity index is 1.64. The van der Waals surface area contributed by atoms with Crippen LogP contribution in [0.1, 0.15) is 37.8 Å². The molecule has 5 atom stereocenters. The molecular weight excluding hydrogens is 385 g/mol. The Hall–Kier alpha value is -2.50. The maximum atomic E-state index is 13.7. The van der Waals surface area contributed by atoms with Crippen LogP contribution in [0.4, 0.5) is 24.8 Å². The van der Waals surface area contributed by atoms with Crippen molar-refractivity contribution in [1.82, 2.24) is 4.98 Å². The van der Waals surface area contributed by atoms with Gasteiger partial charge in [0, 0.05) is 25.7 Å². The number of aromatic nitrogens is 1. The summed E-state index contributed by atoms with van der Waals surface area (Å²) >= 11 is 0. The minimum atomic E-state index is -4.65. The van der Waals surface area contributed by atoms with Crippen molar-refractivity contribution in [1.29, 1.82) is 5.26 Å². The largest absolute Gasteiger partial charge is 0.481 e. The fourth-order valence-corrected chi connectivity index (χ4v) is 5.02. The fourth-order valence-electron chi connectivity index (χ4n) is 5.02. The van der Waals surface area contributed by atoms with E-state index in [-0.39, 0.29) is 35.4 Å². The molecule has 1 aliphatic carbocycles. The third-order valence-electron chi connectivity index (χ3n) is 6.80. The minimum Gasteiger partial charge on any atom is -0.481 e. The monoisotopic (exact) mass is 408 g/mol. The van der Waals surface area contributed by atoms with E-state index in [0.29, 0.717) is 26.1 Å². The smallest absolute Gasteiger partial charge is 0.417 e. The minimum absolute atomic E-state index is 0.0446. The lowest BCUT2D eigenvalue weighted by Crippen LogP contribution is -2.47. The van der Waals surface area contributed by atoms with Crippen LogP contribution < -0.4 is 9.80 Å². The van der Waals surface area contributed by atoms with E-state index in [1.165, 1.54) is 0 Å². The number of carboxylic acids is 1. The normalized spacial score (nSPS) is 29.1. The van der Waals surface area contributed by atoms with E-state index < -0.39 is 29.2 Å². The topological polar surface area (TPSA) is 80.5 Å². The number of fused-ring (bicyclic) bond motifs is 1. The predicted octanol–water partition coefficient (Wildman–Crippen LogP) is 3.36. The van der Waals surface area contributed by atoms with Gasteiger partial charge in [0.1, 0.15) is 23.3 Å². The Morgan fingerprint density at radius 1 is 1.41 bits per heavy atom. The van der Waals surface area contributed by atoms with Gasteiger partial charge in [0.2, 0.25) is 0 Å². The number of hydrogen-bond acceptors (Lipinski definition) is 5. The SMILES string of the molecule is CCC(C(=O)O)C1[C@H]2CN(c3cc(C(F)(F)F)c(C#N)c(N4CCC4C)n3)C[C@@H]12. The quantitative estimate of drug-likeness (QED) is 0.805. The molecule has 156 valence electrons. The van der Waals surface area contributed by atoms with Crippen molar-refractivity contribution in [3.63, 3.8) is 0 Å². The Bertz CT molecular complexity index is 870. The number of anilines is 2. The number of nitrogens with zero attached hydrogens (tertiary/aromatic N) is 4. The highest BCUT2D eigenvalue weighted by atomic mass is 19.4. The molecule has 3 fully saturated rings. The van der Waals surface area contributed by atoms with Crippen LogP contribution in [0.15, 0.2) is 6.07 Å². The first kappa shape index (κ1) is 19.8. The molecule has 0 amide bonds. The van der Waals surface area contributed by atoms with E-state index >= 15 is 0 Å². The van der Waals surface area contributed by atoms with Crippen LogP contribution >= 0.6 is 0 Å². The summed E-state index contributed by atoms with van der Waals surface area (Å²) in [6.07, 6.45) is -3.24. The highest BCUT2D eigenvalue weighted by Crippen LogP contribution is 2.57. The van der Waals surface area contributed by atoms with E-state index in [0.717, 1.165) is 12.5 Å². The molecule has 29 heavy (non-hydrogen) atoms. The van der Waals surface area contributed by atoms with Gasteiger partial charge >= 0.3 is 12.1 Å². The molecule has 4 rings (SSSR count). The lowest BCUT2D eigenvalue weighted by atomic mass is 9.97. The molecule has 0 radical (unpaired) electrons. The Labute approximate surface area is 166 Å². The van der Waals surface area contributed by atoms with Gasteiger partial charge in [-0.15, -0.1) is 0 Å². The van der Waals surface area contributed by atoms with Gasteiger partial charge in [-0.25, -0.2) is 4.98 Å². The molecule has 1 N–H and O–H groups in total. The number of pyridine rings is 1. The van der Waals surface area contributed by atoms with Gasteiger partial charge in [-0.05, 0) is 43.6 Å². The third-order valence-corrected chi connectivity index (χ3v) is 6.80. The number of hydrogen-bond donors (Lipinski definition) is 1. The van der Waals surface area contributed by atoms with Crippen molar-refractivity contribution in [3.8, 4) is 6.07 Å². The number of alkyl halides is 3. The lowest BCUT2D eigenvalue weighted by Gasteiger charge is -2.41. The van der Waals surface area contributed by atoms with Crippen LogP contribution in [-0.4, -0.2) is 41.7 Å². The molecular formula is C20H23F3N4O2. The van der Waals surface area contributed by atoms with Crippen LogP contribution in [0.3, 0.4) is 0 Å². The molecule has 1 aromatic rings. The Kier molecular flexibility index (Phi) is 4.63. The molecule has 0 spiro atoms. The van der Waals surface area contributed by atoms with Crippen molar-refractivity contribution in [2.75, 3.05) is 29.4 Å². The number of halogens is 3. The summed E-state index contributed by atoms with van der Waals surface area (Å²) in [5, 5.41) is 18.8. The molecule has 0 aromatic carbocycles. The molecule has 1 aromatic heterocycles. The standard InChI is InChI=1S/C20H23F3N4O2/c1-3-11(19(28)29)17-13-8-26(9-14(13)17)16-6-15(20(21,22)23)12(7-24)18(25-16)27-5-4-10(27)2/h6,10-11,13-14,17H,3-5,8-9H2,1-2H3,(H,28,29)/t10?,11?,13-,14+,17?. The summed E-state index contributed by atoms with van der Waals surface area (Å²) in [5.41, 5.74) is -1.37. The van der Waals surface area contributed by atoms with Crippen LogP contribution in [0.5, 0.6) is 0 Å². The highest BCUT2D eigenvalue weighted by molar-refractivity contribution is 5.71. The maximum Gasteiger partial charge on any atom is 0.417 e. The first-order chi connectivity index (χ1) is 13.7. The summed E-state index contributed by atoms with van der Waals surface area (Å²) in [6.45, 7) is 5.34. The Morgan fingerprint density at radius 2 is 2.07 bits per heavy atom. The molecule has 3 aliphatic rings. The van der Waals surface area contributed by atoms with Gasteiger partial charge in [-0.1, -0.05) is 6.92 Å². The summed E-state index contributed by atoms with van der Waals surface area (Å²) in [7, 11) is 0.